The van der Waals surface area contributed by atoms with Crippen molar-refractivity contribution in [2.24, 2.45) is 5.92 Å². The van der Waals surface area contributed by atoms with E-state index >= 15 is 0 Å². The zero-order valence-electron chi connectivity index (χ0n) is 18.6. The van der Waals surface area contributed by atoms with Gasteiger partial charge < -0.3 is 15.6 Å². The number of nitrogens with zero attached hydrogens (tertiary/aromatic N) is 1. The number of hydrogen-bond acceptors (Lipinski definition) is 3. The molecule has 0 aliphatic carbocycles. The van der Waals surface area contributed by atoms with Crippen molar-refractivity contribution in [3.63, 3.8) is 0 Å². The number of rotatable bonds is 12. The summed E-state index contributed by atoms with van der Waals surface area (Å²) in [6.07, 6.45) is 7.57. The number of benzene rings is 1. The number of hydrogen-bond donors (Lipinski definition) is 3. The quantitative estimate of drug-likeness (QED) is 0.451. The van der Waals surface area contributed by atoms with Gasteiger partial charge in [-0.05, 0) is 36.8 Å². The van der Waals surface area contributed by atoms with Crippen LogP contribution in [0.4, 0.5) is 4.79 Å². The average Bonchev–Trinajstić information content (AvgIpc) is 3.31. The van der Waals surface area contributed by atoms with Gasteiger partial charge in [0.1, 0.15) is 6.04 Å². The molecule has 1 aliphatic rings. The van der Waals surface area contributed by atoms with Gasteiger partial charge in [0.25, 0.3) is 5.91 Å². The van der Waals surface area contributed by atoms with Crippen LogP contribution in [0.1, 0.15) is 57.9 Å². The van der Waals surface area contributed by atoms with E-state index in [2.05, 4.69) is 29.5 Å². The Morgan fingerprint density at radius 3 is 2.81 bits per heavy atom. The van der Waals surface area contributed by atoms with E-state index in [1.807, 2.05) is 30.5 Å². The summed E-state index contributed by atoms with van der Waals surface area (Å²) in [7, 11) is 0. The first-order valence-electron chi connectivity index (χ1n) is 11.5. The number of carbonyl (C=O) groups excluding carboxylic acids is 3. The lowest BCUT2D eigenvalue weighted by molar-refractivity contribution is -0.127. The lowest BCUT2D eigenvalue weighted by Crippen LogP contribution is -2.34. The van der Waals surface area contributed by atoms with Crippen molar-refractivity contribution in [1.29, 1.82) is 0 Å². The average molecular weight is 427 g/mol. The van der Waals surface area contributed by atoms with Crippen molar-refractivity contribution in [3.8, 4) is 0 Å². The maximum Gasteiger partial charge on any atom is 0.324 e. The zero-order chi connectivity index (χ0) is 22.2. The Morgan fingerprint density at radius 1 is 1.23 bits per heavy atom. The fourth-order valence-electron chi connectivity index (χ4n) is 4.12. The summed E-state index contributed by atoms with van der Waals surface area (Å²) in [5.41, 5.74) is 2.12. The van der Waals surface area contributed by atoms with Crippen molar-refractivity contribution in [2.45, 2.75) is 64.8 Å². The predicted molar refractivity (Wildman–Crippen MR) is 122 cm³/mol. The number of urea groups is 1. The predicted octanol–water partition coefficient (Wildman–Crippen LogP) is 3.74. The highest BCUT2D eigenvalue weighted by atomic mass is 16.2. The Hall–Kier alpha value is -2.83. The molecule has 4 amide bonds. The summed E-state index contributed by atoms with van der Waals surface area (Å²) in [6.45, 7) is 5.31. The summed E-state index contributed by atoms with van der Waals surface area (Å²) in [5.74, 6) is 0.193. The van der Waals surface area contributed by atoms with Crippen LogP contribution in [-0.2, 0) is 16.0 Å². The minimum Gasteiger partial charge on any atom is -0.361 e. The Morgan fingerprint density at radius 2 is 2.03 bits per heavy atom. The third kappa shape index (κ3) is 5.87. The summed E-state index contributed by atoms with van der Waals surface area (Å²) in [4.78, 5) is 41.7. The fourth-order valence-corrected chi connectivity index (χ4v) is 4.12. The highest BCUT2D eigenvalue weighted by Crippen LogP contribution is 2.20. The van der Waals surface area contributed by atoms with Gasteiger partial charge in [0.05, 0.1) is 0 Å². The molecule has 2 aromatic rings. The van der Waals surface area contributed by atoms with Crippen LogP contribution in [0.3, 0.4) is 0 Å². The standard InChI is InChI=1S/C24H34N4O3/c1-3-5-8-17(4-2)15-26-22(29)12-11-21-23(30)28(24(31)27-21)14-13-18-16-25-20-10-7-6-9-19(18)20/h6-7,9-10,16-17,21,25H,3-5,8,11-15H2,1-2H3,(H,26,29)(H,27,31)/t17-,21-/m0/s1. The number of aromatic amines is 1. The van der Waals surface area contributed by atoms with E-state index in [0.29, 0.717) is 31.8 Å². The molecule has 3 rings (SSSR count). The maximum absolute atomic E-state index is 12.7. The normalized spacial score (nSPS) is 17.2. The van der Waals surface area contributed by atoms with Gasteiger partial charge in [0.2, 0.25) is 5.91 Å². The van der Waals surface area contributed by atoms with Crippen LogP contribution in [0, 0.1) is 5.92 Å². The summed E-state index contributed by atoms with van der Waals surface area (Å²) in [6, 6.07) is 6.97. The molecule has 1 aromatic carbocycles. The third-order valence-electron chi connectivity index (χ3n) is 6.18. The molecule has 168 valence electrons. The monoisotopic (exact) mass is 426 g/mol. The molecule has 1 aliphatic heterocycles. The number of carbonyl (C=O) groups is 3. The third-order valence-corrected chi connectivity index (χ3v) is 6.18. The lowest BCUT2D eigenvalue weighted by Gasteiger charge is -2.16. The highest BCUT2D eigenvalue weighted by Gasteiger charge is 2.37. The minimum absolute atomic E-state index is 0.0609. The van der Waals surface area contributed by atoms with Crippen molar-refractivity contribution >= 4 is 28.7 Å². The van der Waals surface area contributed by atoms with Crippen LogP contribution in [0.5, 0.6) is 0 Å². The molecule has 7 nitrogen and oxygen atoms in total. The Balaban J connectivity index is 1.45. The van der Waals surface area contributed by atoms with Crippen molar-refractivity contribution in [1.82, 2.24) is 20.5 Å². The topological polar surface area (TPSA) is 94.3 Å². The first-order valence-corrected chi connectivity index (χ1v) is 11.5. The largest absolute Gasteiger partial charge is 0.361 e. The van der Waals surface area contributed by atoms with Crippen LogP contribution >= 0.6 is 0 Å². The van der Waals surface area contributed by atoms with Crippen LogP contribution in [0.25, 0.3) is 10.9 Å². The van der Waals surface area contributed by atoms with Crippen molar-refractivity contribution < 1.29 is 14.4 Å². The Kier molecular flexibility index (Phi) is 8.09. The molecule has 31 heavy (non-hydrogen) atoms. The van der Waals surface area contributed by atoms with E-state index in [4.69, 9.17) is 0 Å². The summed E-state index contributed by atoms with van der Waals surface area (Å²) >= 11 is 0. The van der Waals surface area contributed by atoms with Gasteiger partial charge in [-0.2, -0.15) is 0 Å². The number of amides is 4. The lowest BCUT2D eigenvalue weighted by atomic mass is 9.99. The number of nitrogens with one attached hydrogen (secondary N) is 3. The molecule has 0 radical (unpaired) electrons. The molecule has 0 saturated carbocycles. The zero-order valence-corrected chi connectivity index (χ0v) is 18.6. The van der Waals surface area contributed by atoms with Gasteiger partial charge in [0.15, 0.2) is 0 Å². The molecule has 2 heterocycles. The van der Waals surface area contributed by atoms with Gasteiger partial charge in [-0.3, -0.25) is 14.5 Å². The number of para-hydroxylation sites is 1. The summed E-state index contributed by atoms with van der Waals surface area (Å²) < 4.78 is 0. The van der Waals surface area contributed by atoms with Crippen molar-refractivity contribution in [3.05, 3.63) is 36.0 Å². The molecule has 1 fully saturated rings. The number of imide groups is 1. The second kappa shape index (κ2) is 11.0. The van der Waals surface area contributed by atoms with E-state index in [9.17, 15) is 14.4 Å². The van der Waals surface area contributed by atoms with Crippen molar-refractivity contribution in [2.75, 3.05) is 13.1 Å². The number of unbranched alkanes of at least 4 members (excludes halogenated alkanes) is 1. The van der Waals surface area contributed by atoms with E-state index in [1.54, 1.807) is 0 Å². The highest BCUT2D eigenvalue weighted by molar-refractivity contribution is 6.04. The number of aromatic nitrogens is 1. The fraction of sp³-hybridized carbons (Fsp3) is 0.542. The molecule has 0 unspecified atom stereocenters. The van der Waals surface area contributed by atoms with E-state index in [-0.39, 0.29) is 24.3 Å². The molecule has 2 atom stereocenters. The van der Waals surface area contributed by atoms with Gasteiger partial charge >= 0.3 is 6.03 Å². The second-order valence-electron chi connectivity index (χ2n) is 8.36. The maximum atomic E-state index is 12.7. The smallest absolute Gasteiger partial charge is 0.324 e. The number of H-pyrrole nitrogens is 1. The molecule has 1 saturated heterocycles. The van der Waals surface area contributed by atoms with Crippen LogP contribution in [0.15, 0.2) is 30.5 Å². The Bertz CT molecular complexity index is 907. The van der Waals surface area contributed by atoms with Gasteiger partial charge in [-0.1, -0.05) is 51.3 Å². The Labute approximate surface area is 183 Å². The molecule has 1 aromatic heterocycles. The van der Waals surface area contributed by atoms with E-state index < -0.39 is 6.04 Å². The molecular formula is C24H34N4O3. The van der Waals surface area contributed by atoms with Crippen LogP contribution in [-0.4, -0.2) is 46.9 Å². The van der Waals surface area contributed by atoms with Gasteiger partial charge in [-0.15, -0.1) is 0 Å². The van der Waals surface area contributed by atoms with Crippen LogP contribution < -0.4 is 10.6 Å². The molecular weight excluding hydrogens is 392 g/mol. The van der Waals surface area contributed by atoms with Gasteiger partial charge in [0, 0.05) is 36.6 Å². The SMILES string of the molecule is CCCC[C@H](CC)CNC(=O)CC[C@@H]1NC(=O)N(CCc2c[nH]c3ccccc23)C1=O. The molecule has 0 spiro atoms. The summed E-state index contributed by atoms with van der Waals surface area (Å²) in [5, 5.41) is 6.82. The first-order chi connectivity index (χ1) is 15.0. The van der Waals surface area contributed by atoms with Gasteiger partial charge in [-0.25, -0.2) is 4.79 Å². The first kappa shape index (κ1) is 22.8. The van der Waals surface area contributed by atoms with E-state index in [1.165, 1.54) is 11.3 Å². The second-order valence-corrected chi connectivity index (χ2v) is 8.36. The minimum atomic E-state index is -0.622. The molecule has 3 N–H and O–H groups in total. The number of fused-ring (bicyclic) bond motifs is 1. The molecule has 0 bridgehead atoms. The van der Waals surface area contributed by atoms with E-state index in [0.717, 1.165) is 35.7 Å². The van der Waals surface area contributed by atoms with Crippen LogP contribution in [0.2, 0.25) is 0 Å². The molecule has 7 heteroatoms.